The zero-order valence-corrected chi connectivity index (χ0v) is 13.0. The maximum absolute atomic E-state index is 12.6. The molecular weight excluding hydrogens is 276 g/mol. The highest BCUT2D eigenvalue weighted by atomic mass is 32.2. The molecule has 0 unspecified atom stereocenters. The third kappa shape index (κ3) is 3.31. The Bertz CT molecular complexity index is 578. The fourth-order valence-electron chi connectivity index (χ4n) is 2.60. The van der Waals surface area contributed by atoms with Crippen LogP contribution in [-0.4, -0.2) is 34.7 Å². The molecule has 6 heteroatoms. The van der Waals surface area contributed by atoms with E-state index in [-0.39, 0.29) is 10.9 Å². The molecule has 0 aromatic heterocycles. The molecule has 1 aliphatic rings. The lowest BCUT2D eigenvalue weighted by Crippen LogP contribution is -2.42. The van der Waals surface area contributed by atoms with Gasteiger partial charge in [-0.25, -0.2) is 13.1 Å². The molecular formula is C14H22N2O3S. The molecule has 0 saturated carbocycles. The molecule has 1 saturated heterocycles. The number of hydrogen-bond donors (Lipinski definition) is 2. The molecule has 1 aliphatic heterocycles. The molecule has 0 radical (unpaired) electrons. The second-order valence-corrected chi connectivity index (χ2v) is 6.94. The maximum Gasteiger partial charge on any atom is 0.244 e. The number of sulfonamides is 1. The van der Waals surface area contributed by atoms with Gasteiger partial charge in [0.2, 0.25) is 10.0 Å². The molecule has 1 fully saturated rings. The SMILES string of the molecule is COc1c(C)cc(C)cc1S(=O)(=O)NC1CCNCC1. The second-order valence-electron chi connectivity index (χ2n) is 5.26. The topological polar surface area (TPSA) is 67.4 Å². The number of piperidine rings is 1. The number of nitrogens with one attached hydrogen (secondary N) is 2. The molecule has 20 heavy (non-hydrogen) atoms. The molecule has 0 bridgehead atoms. The number of ether oxygens (including phenoxy) is 1. The van der Waals surface area contributed by atoms with Gasteiger partial charge < -0.3 is 10.1 Å². The summed E-state index contributed by atoms with van der Waals surface area (Å²) in [6.07, 6.45) is 1.62. The fraction of sp³-hybridized carbons (Fsp3) is 0.571. The van der Waals surface area contributed by atoms with E-state index in [1.165, 1.54) is 7.11 Å². The molecule has 1 heterocycles. The first-order valence-electron chi connectivity index (χ1n) is 6.82. The standard InChI is InChI=1S/C14H22N2O3S/c1-10-8-11(2)14(19-3)13(9-10)20(17,18)16-12-4-6-15-7-5-12/h8-9,12,15-16H,4-7H2,1-3H3. The van der Waals surface area contributed by atoms with Gasteiger partial charge in [0.25, 0.3) is 0 Å². The third-order valence-electron chi connectivity index (χ3n) is 3.54. The minimum absolute atomic E-state index is 0.00762. The van der Waals surface area contributed by atoms with Crippen molar-refractivity contribution >= 4 is 10.0 Å². The normalized spacial score (nSPS) is 17.1. The van der Waals surface area contributed by atoms with E-state index in [4.69, 9.17) is 4.74 Å². The quantitative estimate of drug-likeness (QED) is 0.880. The summed E-state index contributed by atoms with van der Waals surface area (Å²) < 4.78 is 33.2. The Morgan fingerprint density at radius 1 is 1.25 bits per heavy atom. The molecule has 1 aromatic rings. The largest absolute Gasteiger partial charge is 0.495 e. The van der Waals surface area contributed by atoms with Crippen molar-refractivity contribution in [1.82, 2.24) is 10.0 Å². The number of aryl methyl sites for hydroxylation is 2. The Morgan fingerprint density at radius 2 is 1.90 bits per heavy atom. The van der Waals surface area contributed by atoms with Crippen LogP contribution in [-0.2, 0) is 10.0 Å². The van der Waals surface area contributed by atoms with Crippen molar-refractivity contribution < 1.29 is 13.2 Å². The molecule has 0 aliphatic carbocycles. The summed E-state index contributed by atoms with van der Waals surface area (Å²) >= 11 is 0. The van der Waals surface area contributed by atoms with Crippen LogP contribution in [0.1, 0.15) is 24.0 Å². The molecule has 5 nitrogen and oxygen atoms in total. The van der Waals surface area contributed by atoms with Crippen LogP contribution in [0.25, 0.3) is 0 Å². The zero-order chi connectivity index (χ0) is 14.8. The first kappa shape index (κ1) is 15.3. The molecule has 2 N–H and O–H groups in total. The first-order valence-corrected chi connectivity index (χ1v) is 8.30. The van der Waals surface area contributed by atoms with Crippen molar-refractivity contribution in [3.63, 3.8) is 0 Å². The summed E-state index contributed by atoms with van der Waals surface area (Å²) in [6, 6.07) is 3.57. The number of hydrogen-bond acceptors (Lipinski definition) is 4. The average Bonchev–Trinajstić information content (AvgIpc) is 2.38. The molecule has 2 rings (SSSR count). The highest BCUT2D eigenvalue weighted by molar-refractivity contribution is 7.89. The van der Waals surface area contributed by atoms with Crippen LogP contribution < -0.4 is 14.8 Å². The van der Waals surface area contributed by atoms with Crippen LogP contribution in [0.15, 0.2) is 17.0 Å². The second kappa shape index (κ2) is 6.11. The van der Waals surface area contributed by atoms with Crippen LogP contribution in [0.4, 0.5) is 0 Å². The third-order valence-corrected chi connectivity index (χ3v) is 5.07. The van der Waals surface area contributed by atoms with Crippen LogP contribution in [0.5, 0.6) is 5.75 Å². The molecule has 0 amide bonds. The van der Waals surface area contributed by atoms with Crippen molar-refractivity contribution in [1.29, 1.82) is 0 Å². The Morgan fingerprint density at radius 3 is 2.50 bits per heavy atom. The van der Waals surface area contributed by atoms with Gasteiger partial charge in [-0.05, 0) is 57.0 Å². The van der Waals surface area contributed by atoms with Crippen molar-refractivity contribution in [2.45, 2.75) is 37.6 Å². The smallest absolute Gasteiger partial charge is 0.244 e. The summed E-state index contributed by atoms with van der Waals surface area (Å²) in [5.41, 5.74) is 1.74. The summed E-state index contributed by atoms with van der Waals surface area (Å²) in [5, 5.41) is 3.22. The Hall–Kier alpha value is -1.11. The van der Waals surface area contributed by atoms with E-state index >= 15 is 0 Å². The molecule has 0 spiro atoms. The number of benzene rings is 1. The summed E-state index contributed by atoms with van der Waals surface area (Å²) in [4.78, 5) is 0.232. The molecule has 1 aromatic carbocycles. The van der Waals surface area contributed by atoms with E-state index in [0.29, 0.717) is 5.75 Å². The van der Waals surface area contributed by atoms with Crippen molar-refractivity contribution in [2.24, 2.45) is 0 Å². The lowest BCUT2D eigenvalue weighted by atomic mass is 10.1. The van der Waals surface area contributed by atoms with Crippen molar-refractivity contribution in [3.8, 4) is 5.75 Å². The van der Waals surface area contributed by atoms with Crippen molar-refractivity contribution in [3.05, 3.63) is 23.3 Å². The summed E-state index contributed by atoms with van der Waals surface area (Å²) in [6.45, 7) is 5.43. The first-order chi connectivity index (χ1) is 9.44. The van der Waals surface area contributed by atoms with Gasteiger partial charge in [-0.2, -0.15) is 0 Å². The predicted molar refractivity (Wildman–Crippen MR) is 78.7 cm³/mol. The van der Waals surface area contributed by atoms with E-state index < -0.39 is 10.0 Å². The monoisotopic (exact) mass is 298 g/mol. The van der Waals surface area contributed by atoms with Gasteiger partial charge in [0.1, 0.15) is 10.6 Å². The van der Waals surface area contributed by atoms with Gasteiger partial charge in [0, 0.05) is 6.04 Å². The van der Waals surface area contributed by atoms with Gasteiger partial charge in [-0.15, -0.1) is 0 Å². The van der Waals surface area contributed by atoms with Gasteiger partial charge in [0.05, 0.1) is 7.11 Å². The van der Waals surface area contributed by atoms with Gasteiger partial charge in [-0.3, -0.25) is 0 Å². The summed E-state index contributed by atoms with van der Waals surface area (Å²) in [7, 11) is -2.05. The van der Waals surface area contributed by atoms with Crippen molar-refractivity contribution in [2.75, 3.05) is 20.2 Å². The minimum Gasteiger partial charge on any atom is -0.495 e. The fourth-order valence-corrected chi connectivity index (χ4v) is 4.23. The van der Waals surface area contributed by atoms with Gasteiger partial charge in [0.15, 0.2) is 0 Å². The van der Waals surface area contributed by atoms with Gasteiger partial charge >= 0.3 is 0 Å². The lowest BCUT2D eigenvalue weighted by Gasteiger charge is -2.24. The van der Waals surface area contributed by atoms with E-state index in [1.54, 1.807) is 6.07 Å². The van der Waals surface area contributed by atoms with Crippen LogP contribution in [0.3, 0.4) is 0 Å². The van der Waals surface area contributed by atoms with Crippen LogP contribution in [0, 0.1) is 13.8 Å². The highest BCUT2D eigenvalue weighted by Gasteiger charge is 2.25. The Balaban J connectivity index is 2.33. The zero-order valence-electron chi connectivity index (χ0n) is 12.2. The van der Waals surface area contributed by atoms with Crippen LogP contribution >= 0.6 is 0 Å². The predicted octanol–water partition coefficient (Wildman–Crippen LogP) is 1.34. The number of methoxy groups -OCH3 is 1. The molecule has 0 atom stereocenters. The maximum atomic E-state index is 12.6. The van der Waals surface area contributed by atoms with E-state index in [2.05, 4.69) is 10.0 Å². The number of rotatable bonds is 4. The molecule has 112 valence electrons. The highest BCUT2D eigenvalue weighted by Crippen LogP contribution is 2.29. The van der Waals surface area contributed by atoms with Crippen LogP contribution in [0.2, 0.25) is 0 Å². The van der Waals surface area contributed by atoms with E-state index in [0.717, 1.165) is 37.1 Å². The van der Waals surface area contributed by atoms with E-state index in [9.17, 15) is 8.42 Å². The summed E-state index contributed by atoms with van der Waals surface area (Å²) in [5.74, 6) is 0.428. The average molecular weight is 298 g/mol. The Labute approximate surface area is 120 Å². The van der Waals surface area contributed by atoms with Gasteiger partial charge in [-0.1, -0.05) is 6.07 Å². The van der Waals surface area contributed by atoms with E-state index in [1.807, 2.05) is 19.9 Å². The minimum atomic E-state index is -3.55. The Kier molecular flexibility index (Phi) is 4.67. The lowest BCUT2D eigenvalue weighted by molar-refractivity contribution is 0.396.